The monoisotopic (exact) mass is 1670 g/mol. The number of aromatic nitrogens is 8. The minimum atomic E-state index is -5.10. The van der Waals surface area contributed by atoms with Gasteiger partial charge < -0.3 is 15.0 Å². The van der Waals surface area contributed by atoms with Crippen LogP contribution in [0.15, 0.2) is 177 Å². The number of imidazole rings is 2. The van der Waals surface area contributed by atoms with Crippen molar-refractivity contribution >= 4 is 74.5 Å². The summed E-state index contributed by atoms with van der Waals surface area (Å²) in [5, 5.41) is 28.5. The number of nitrogens with one attached hydrogen (secondary N) is 3. The molecule has 1 aliphatic carbocycles. The summed E-state index contributed by atoms with van der Waals surface area (Å²) in [6.45, 7) is 11.9. The molecule has 3 aliphatic rings. The molecule has 6 aromatic carbocycles. The van der Waals surface area contributed by atoms with E-state index in [1.165, 1.54) is 30.2 Å². The van der Waals surface area contributed by atoms with Gasteiger partial charge in [-0.05, 0) is 46.6 Å². The van der Waals surface area contributed by atoms with Crippen LogP contribution in [0.5, 0.6) is 11.5 Å². The predicted octanol–water partition coefficient (Wildman–Crippen LogP) is 14.6. The molecular formula is C87H101N15O16P2. The maximum absolute atomic E-state index is 14.0. The molecular weight excluding hydrogens is 1570 g/mol. The van der Waals surface area contributed by atoms with Gasteiger partial charge in [0.1, 0.15) is 6.61 Å². The van der Waals surface area contributed by atoms with E-state index in [0.29, 0.717) is 59.1 Å². The molecule has 630 valence electrons. The van der Waals surface area contributed by atoms with Gasteiger partial charge >= 0.3 is 511 Å². The van der Waals surface area contributed by atoms with Crippen molar-refractivity contribution in [1.29, 1.82) is 10.5 Å². The van der Waals surface area contributed by atoms with Crippen molar-refractivity contribution in [2.24, 2.45) is 5.92 Å². The summed E-state index contributed by atoms with van der Waals surface area (Å²) in [6, 6.07) is 51.9. The summed E-state index contributed by atoms with van der Waals surface area (Å²) in [5.74, 6) is 0.828. The summed E-state index contributed by atoms with van der Waals surface area (Å²) in [7, 11) is -2.22. The zero-order valence-corrected chi connectivity index (χ0v) is 70.4. The third-order valence-electron chi connectivity index (χ3n) is 21.1. The quantitative estimate of drug-likeness (QED) is 0.0157. The molecule has 120 heavy (non-hydrogen) atoms. The van der Waals surface area contributed by atoms with E-state index in [9.17, 15) is 34.6 Å². The molecule has 2 fully saturated rings. The molecule has 31 nitrogen and oxygen atoms in total. The molecule has 0 saturated carbocycles. The molecule has 0 spiro atoms. The normalized spacial score (nSPS) is 17.6. The van der Waals surface area contributed by atoms with E-state index in [2.05, 4.69) is 90.8 Å². The third-order valence-corrected chi connectivity index (χ3v) is 25.0. The van der Waals surface area contributed by atoms with Crippen LogP contribution in [0.25, 0.3) is 33.5 Å². The number of fused-ring (bicyclic) bond motifs is 5. The van der Waals surface area contributed by atoms with E-state index in [0.717, 1.165) is 39.8 Å². The standard InChI is InChI=1S/C87H101N15O16P2/c1-56(2)27-40-75(103)90-48-59-28-30-60(31-29-59)85(105)98-82-80-84(94-53-92-82)101(55-96-80)78-47-72(73(115-78)50-111-87(61-20-11-10-12-21-61,62-32-36-64(108-8)37-33-62)63-34-38-65(109-9)39-35-63)118-120(107,113-45-19-42-89)114-51-74-71(117-119(112-44-18-41-88)102(57(3)4)58(5)6)46-77(116-74)100-54-95-79-81(91-52-93-83(79)100)97-76(104)26-17-43-99(7)86(106)110-49-70-68-24-15-13-22-66(68)67-23-14-16-25-69(67)70/h10-16,20-25,28-39,52-58,70-74,77-78,107,120H,17-19,26-27,40,43-51H2,1-9H3,(H,90,103)(H,91,93,97,104)(H,92,94,98,105)/t71-,72-,73-,74-,77-,78-,119?/m1/s1. The van der Waals surface area contributed by atoms with Crippen LogP contribution in [-0.2, 0) is 63.3 Å². The number of carbonyl (C=O) groups excluding carboxylic acids is 4. The van der Waals surface area contributed by atoms with E-state index >= 15 is 0 Å². The SMILES string of the molecule is COc1ccc(C(OC[C@H]2O[C@@H](n3cnc4c(NC(=O)c5ccc(CNC(=O)CCC(C)C)cc5)ncnc43)C[C@H]2O[PH](O)(OCCC#N)OC[C@H]2O[C@@H](n3cnc4c(NC(=O)CCCN(C)C(=O)OCC5c6ccccc6-c6ccccc65)ncnc43)C[C@H]2OP(OCCC#N)N(C(C)C)C(C)C)(c2ccccc2)c2ccc(OC)cc2)cc1. The Bertz CT molecular complexity index is 5130. The topological polar surface area (TPSA) is 367 Å². The molecule has 33 heteroatoms. The van der Waals surface area contributed by atoms with Gasteiger partial charge in [0.05, 0.1) is 0 Å². The Balaban J connectivity index is 0.771. The van der Waals surface area contributed by atoms with Gasteiger partial charge in [0.15, 0.2) is 0 Å². The Morgan fingerprint density at radius 1 is 0.633 bits per heavy atom. The van der Waals surface area contributed by atoms with Gasteiger partial charge in [-0.25, -0.2) is 4.79 Å². The number of methoxy groups -OCH3 is 2. The van der Waals surface area contributed by atoms with Gasteiger partial charge in [-0.1, -0.05) is 74.5 Å². The molecule has 2 aliphatic heterocycles. The third kappa shape index (κ3) is 20.6. The first-order valence-corrected chi connectivity index (χ1v) is 43.0. The number of anilines is 2. The van der Waals surface area contributed by atoms with Crippen LogP contribution in [0, 0.1) is 28.6 Å². The van der Waals surface area contributed by atoms with Crippen molar-refractivity contribution in [2.45, 2.75) is 160 Å². The summed E-state index contributed by atoms with van der Waals surface area (Å²) < 4.78 is 77.8. The average molecular weight is 1670 g/mol. The van der Waals surface area contributed by atoms with Crippen LogP contribution >= 0.6 is 16.7 Å². The number of benzene rings is 6. The molecule has 6 heterocycles. The fourth-order valence-corrected chi connectivity index (χ4v) is 18.5. The second-order valence-electron chi connectivity index (χ2n) is 30.3. The molecule has 1 unspecified atom stereocenters. The zero-order valence-electron chi connectivity index (χ0n) is 68.5. The van der Waals surface area contributed by atoms with Gasteiger partial charge in [-0.15, -0.1) is 0 Å². The Labute approximate surface area is 698 Å². The molecule has 0 radical (unpaired) electrons. The van der Waals surface area contributed by atoms with Gasteiger partial charge in [0, 0.05) is 32.5 Å². The average Bonchev–Trinajstić information content (AvgIpc) is 0.774. The van der Waals surface area contributed by atoms with Crippen LogP contribution in [-0.4, -0.2) is 175 Å². The first kappa shape index (κ1) is 87.0. The summed E-state index contributed by atoms with van der Waals surface area (Å²) >= 11 is 0. The first-order chi connectivity index (χ1) is 58.2. The van der Waals surface area contributed by atoms with E-state index in [1.54, 1.807) is 54.7 Å². The van der Waals surface area contributed by atoms with Crippen LogP contribution in [0.4, 0.5) is 16.4 Å². The van der Waals surface area contributed by atoms with Gasteiger partial charge in [-0.2, -0.15) is 0 Å². The van der Waals surface area contributed by atoms with Gasteiger partial charge in [0.25, 0.3) is 0 Å². The molecule has 10 aromatic rings. The number of amides is 4. The van der Waals surface area contributed by atoms with Crippen LogP contribution in [0.2, 0.25) is 0 Å². The van der Waals surface area contributed by atoms with Crippen molar-refractivity contribution in [1.82, 2.24) is 53.9 Å². The van der Waals surface area contributed by atoms with Crippen LogP contribution in [0.1, 0.15) is 155 Å². The summed E-state index contributed by atoms with van der Waals surface area (Å²) in [4.78, 5) is 96.1. The Morgan fingerprint density at radius 2 is 1.18 bits per heavy atom. The van der Waals surface area contributed by atoms with Crippen molar-refractivity contribution in [2.75, 3.05) is 71.5 Å². The molecule has 2 saturated heterocycles. The number of hydrogen-bond acceptors (Lipinski definition) is 25. The van der Waals surface area contributed by atoms with Crippen LogP contribution in [0.3, 0.4) is 0 Å². The number of nitrogens with zero attached hydrogens (tertiary/aromatic N) is 12. The maximum atomic E-state index is 14.0. The minimum absolute atomic E-state index is 0.0256. The second kappa shape index (κ2) is 40.5. The van der Waals surface area contributed by atoms with Gasteiger partial charge in [-0.3, -0.25) is 4.79 Å². The molecule has 4 aromatic heterocycles. The second-order valence-corrected chi connectivity index (χ2v) is 33.6. The van der Waals surface area contributed by atoms with Crippen molar-refractivity contribution in [3.8, 4) is 34.8 Å². The molecule has 4 amide bonds. The molecule has 7 atom stereocenters. The molecule has 0 bridgehead atoms. The van der Waals surface area contributed by atoms with Crippen molar-refractivity contribution in [3.05, 3.63) is 216 Å². The van der Waals surface area contributed by atoms with E-state index in [4.69, 9.17) is 61.0 Å². The fraction of sp³-hybridized carbons (Fsp3) is 0.402. The Kier molecular flexibility index (Phi) is 29.3. The first-order valence-electron chi connectivity index (χ1n) is 40.2. The van der Waals surface area contributed by atoms with Crippen molar-refractivity contribution in [3.63, 3.8) is 0 Å². The van der Waals surface area contributed by atoms with E-state index in [-0.39, 0.29) is 123 Å². The van der Waals surface area contributed by atoms with E-state index in [1.807, 2.05) is 131 Å². The number of nitriles is 2. The van der Waals surface area contributed by atoms with E-state index < -0.39 is 77.8 Å². The van der Waals surface area contributed by atoms with Crippen LogP contribution < -0.4 is 25.4 Å². The molecule has 4 N–H and O–H groups in total. The summed E-state index contributed by atoms with van der Waals surface area (Å²) in [6.07, 6.45) is 0.580. The number of rotatable bonds is 40. The Hall–Kier alpha value is -10.9. The zero-order chi connectivity index (χ0) is 84.5. The predicted molar refractivity (Wildman–Crippen MR) is 449 cm³/mol. The van der Waals surface area contributed by atoms with Gasteiger partial charge in [0.2, 0.25) is 5.91 Å². The number of hydrogen-bond donors (Lipinski definition) is 4. The number of ether oxygens (including phenoxy) is 6. The number of carbonyl (C=O) groups is 4. The van der Waals surface area contributed by atoms with Crippen molar-refractivity contribution < 1.29 is 75.1 Å². The molecule has 13 rings (SSSR count). The Morgan fingerprint density at radius 3 is 1.76 bits per heavy atom. The fourth-order valence-electron chi connectivity index (χ4n) is 15.1. The summed E-state index contributed by atoms with van der Waals surface area (Å²) in [5.41, 5.74) is 7.41.